The first-order chi connectivity index (χ1) is 8.93. The molecule has 0 nitrogen and oxygen atoms in total. The molecule has 0 amide bonds. The van der Waals surface area contributed by atoms with Gasteiger partial charge >= 0.3 is 0 Å². The molecule has 2 bridgehead atoms. The van der Waals surface area contributed by atoms with Gasteiger partial charge in [-0.2, -0.15) is 0 Å². The minimum atomic E-state index is 0.656. The van der Waals surface area contributed by atoms with Crippen LogP contribution in [0.5, 0.6) is 0 Å². The summed E-state index contributed by atoms with van der Waals surface area (Å²) in [6, 6.07) is 0. The van der Waals surface area contributed by atoms with Gasteiger partial charge < -0.3 is 0 Å². The SMILES string of the molecule is CC1CCCCB1[C@@H]1C[C@@H]2C[C@H](C1C(C)C)C2(C)C. The van der Waals surface area contributed by atoms with E-state index in [1.54, 1.807) is 12.8 Å². The maximum atomic E-state index is 2.56. The number of hydrogen-bond donors (Lipinski definition) is 0. The Balaban J connectivity index is 1.81. The van der Waals surface area contributed by atoms with Crippen molar-refractivity contribution in [1.29, 1.82) is 0 Å². The van der Waals surface area contributed by atoms with Crippen molar-refractivity contribution >= 4 is 6.71 Å². The molecule has 19 heavy (non-hydrogen) atoms. The van der Waals surface area contributed by atoms with Crippen LogP contribution >= 0.6 is 0 Å². The molecule has 0 spiro atoms. The zero-order valence-electron chi connectivity index (χ0n) is 13.8. The van der Waals surface area contributed by atoms with Gasteiger partial charge in [0.1, 0.15) is 6.71 Å². The van der Waals surface area contributed by atoms with Crippen LogP contribution in [0.2, 0.25) is 18.0 Å². The van der Waals surface area contributed by atoms with Gasteiger partial charge in [0.05, 0.1) is 0 Å². The van der Waals surface area contributed by atoms with Crippen LogP contribution in [0.1, 0.15) is 66.7 Å². The molecule has 0 N–H and O–H groups in total. The molecule has 4 aliphatic rings. The summed E-state index contributed by atoms with van der Waals surface area (Å²) in [7, 11) is 0. The van der Waals surface area contributed by atoms with E-state index in [4.69, 9.17) is 0 Å². The van der Waals surface area contributed by atoms with Gasteiger partial charge in [0, 0.05) is 0 Å². The number of rotatable bonds is 2. The second kappa shape index (κ2) is 4.81. The van der Waals surface area contributed by atoms with E-state index in [0.717, 1.165) is 42.0 Å². The average Bonchev–Trinajstić information content (AvgIpc) is 2.38. The molecule has 0 aromatic rings. The van der Waals surface area contributed by atoms with E-state index in [1.165, 1.54) is 25.6 Å². The highest BCUT2D eigenvalue weighted by Gasteiger charge is 2.59. The Labute approximate surface area is 121 Å². The standard InChI is InChI=1S/C18H33B/c1-12(2)17-15-10-14(18(15,4)5)11-16(17)19-9-7-6-8-13(19)3/h12-17H,6-11H2,1-5H3/t13?,14-,15+,16+,17?/m0/s1. The highest BCUT2D eigenvalue weighted by molar-refractivity contribution is 6.62. The minimum absolute atomic E-state index is 0.656. The molecule has 108 valence electrons. The van der Waals surface area contributed by atoms with E-state index >= 15 is 0 Å². The lowest BCUT2D eigenvalue weighted by molar-refractivity contribution is -0.117. The summed E-state index contributed by atoms with van der Waals surface area (Å²) in [5.74, 6) is 6.06. The second-order valence-corrected chi connectivity index (χ2v) is 9.01. The Morgan fingerprint density at radius 1 is 1.11 bits per heavy atom. The molecule has 1 saturated heterocycles. The molecule has 4 fully saturated rings. The highest BCUT2D eigenvalue weighted by Crippen LogP contribution is 2.67. The summed E-state index contributed by atoms with van der Waals surface area (Å²) in [4.78, 5) is 0. The molecule has 0 aromatic carbocycles. The van der Waals surface area contributed by atoms with Crippen LogP contribution in [0.3, 0.4) is 0 Å². The molecule has 4 rings (SSSR count). The molecule has 2 unspecified atom stereocenters. The van der Waals surface area contributed by atoms with Gasteiger partial charge in [-0.1, -0.05) is 78.3 Å². The summed E-state index contributed by atoms with van der Waals surface area (Å²) < 4.78 is 0. The van der Waals surface area contributed by atoms with E-state index < -0.39 is 0 Å². The fourth-order valence-electron chi connectivity index (χ4n) is 6.29. The number of hydrogen-bond acceptors (Lipinski definition) is 0. The quantitative estimate of drug-likeness (QED) is 0.553. The van der Waals surface area contributed by atoms with Crippen LogP contribution in [-0.2, 0) is 0 Å². The van der Waals surface area contributed by atoms with Gasteiger partial charge in [0.15, 0.2) is 0 Å². The van der Waals surface area contributed by atoms with E-state index in [-0.39, 0.29) is 0 Å². The maximum absolute atomic E-state index is 2.56. The van der Waals surface area contributed by atoms with Crippen molar-refractivity contribution in [2.24, 2.45) is 29.1 Å². The lowest BCUT2D eigenvalue weighted by Gasteiger charge is -2.65. The van der Waals surface area contributed by atoms with Gasteiger partial charge in [-0.15, -0.1) is 0 Å². The zero-order chi connectivity index (χ0) is 13.8. The van der Waals surface area contributed by atoms with Crippen molar-refractivity contribution in [1.82, 2.24) is 0 Å². The molecule has 0 radical (unpaired) electrons. The Kier molecular flexibility index (Phi) is 3.55. The zero-order valence-corrected chi connectivity index (χ0v) is 13.8. The van der Waals surface area contributed by atoms with Crippen molar-refractivity contribution in [3.8, 4) is 0 Å². The monoisotopic (exact) mass is 260 g/mol. The molecule has 1 heteroatoms. The van der Waals surface area contributed by atoms with Crippen molar-refractivity contribution in [2.75, 3.05) is 0 Å². The smallest absolute Gasteiger partial charge is 0.0737 e. The summed E-state index contributed by atoms with van der Waals surface area (Å²) in [6.45, 7) is 13.7. The maximum Gasteiger partial charge on any atom is 0.146 e. The van der Waals surface area contributed by atoms with E-state index in [1.807, 2.05) is 0 Å². The van der Waals surface area contributed by atoms with Crippen LogP contribution in [0.15, 0.2) is 0 Å². The molecule has 1 heterocycles. The third kappa shape index (κ3) is 2.10. The van der Waals surface area contributed by atoms with E-state index in [2.05, 4.69) is 34.6 Å². The summed E-state index contributed by atoms with van der Waals surface area (Å²) in [5.41, 5.74) is 0.656. The van der Waals surface area contributed by atoms with Crippen LogP contribution in [-0.4, -0.2) is 6.71 Å². The molecular weight excluding hydrogens is 227 g/mol. The summed E-state index contributed by atoms with van der Waals surface area (Å²) >= 11 is 0. The topological polar surface area (TPSA) is 0 Å². The first-order valence-electron chi connectivity index (χ1n) is 8.93. The van der Waals surface area contributed by atoms with Crippen LogP contribution in [0.4, 0.5) is 0 Å². The average molecular weight is 260 g/mol. The predicted molar refractivity (Wildman–Crippen MR) is 85.9 cm³/mol. The van der Waals surface area contributed by atoms with Crippen LogP contribution < -0.4 is 0 Å². The third-order valence-corrected chi connectivity index (χ3v) is 7.56. The Hall–Kier alpha value is 0.0649. The van der Waals surface area contributed by atoms with Gasteiger partial charge in [-0.3, -0.25) is 0 Å². The Morgan fingerprint density at radius 3 is 2.42 bits per heavy atom. The minimum Gasteiger partial charge on any atom is -0.0737 e. The van der Waals surface area contributed by atoms with Crippen molar-refractivity contribution in [3.05, 3.63) is 0 Å². The normalized spacial score (nSPS) is 45.2. The Bertz CT molecular complexity index is 333. The molecule has 3 aliphatic carbocycles. The molecular formula is C18H33B. The lowest BCUT2D eigenvalue weighted by Crippen LogP contribution is -2.58. The van der Waals surface area contributed by atoms with Crippen LogP contribution in [0, 0.1) is 29.1 Å². The lowest BCUT2D eigenvalue weighted by atomic mass is 9.22. The molecule has 1 aliphatic heterocycles. The highest BCUT2D eigenvalue weighted by atomic mass is 14.6. The van der Waals surface area contributed by atoms with Crippen molar-refractivity contribution in [2.45, 2.75) is 84.7 Å². The number of fused-ring (bicyclic) bond motifs is 2. The van der Waals surface area contributed by atoms with E-state index in [9.17, 15) is 0 Å². The second-order valence-electron chi connectivity index (χ2n) is 9.01. The van der Waals surface area contributed by atoms with Crippen molar-refractivity contribution < 1.29 is 0 Å². The Morgan fingerprint density at radius 2 is 1.84 bits per heavy atom. The van der Waals surface area contributed by atoms with Gasteiger partial charge in [0.25, 0.3) is 0 Å². The van der Waals surface area contributed by atoms with E-state index in [0.29, 0.717) is 5.41 Å². The van der Waals surface area contributed by atoms with Crippen molar-refractivity contribution in [3.63, 3.8) is 0 Å². The summed E-state index contributed by atoms with van der Waals surface area (Å²) in [6.07, 6.45) is 9.15. The summed E-state index contributed by atoms with van der Waals surface area (Å²) in [5, 5.41) is 0. The van der Waals surface area contributed by atoms with Gasteiger partial charge in [-0.05, 0) is 35.5 Å². The first-order valence-corrected chi connectivity index (χ1v) is 8.93. The third-order valence-electron chi connectivity index (χ3n) is 7.56. The van der Waals surface area contributed by atoms with Gasteiger partial charge in [-0.25, -0.2) is 0 Å². The molecule has 0 aromatic heterocycles. The molecule has 3 saturated carbocycles. The fraction of sp³-hybridized carbons (Fsp3) is 1.00. The molecule has 5 atom stereocenters. The van der Waals surface area contributed by atoms with Crippen LogP contribution in [0.25, 0.3) is 0 Å². The predicted octanol–water partition coefficient (Wildman–Crippen LogP) is 5.76. The first kappa shape index (κ1) is 14.0. The fourth-order valence-corrected chi connectivity index (χ4v) is 6.29. The largest absolute Gasteiger partial charge is 0.146 e. The van der Waals surface area contributed by atoms with Gasteiger partial charge in [0.2, 0.25) is 0 Å².